The smallest absolute Gasteiger partial charge is 0.152 e. The Bertz CT molecular complexity index is 1290. The molecule has 5 nitrogen and oxygen atoms in total. The third-order valence-electron chi connectivity index (χ3n) is 5.42. The summed E-state index contributed by atoms with van der Waals surface area (Å²) in [5.74, 6) is 7.21. The van der Waals surface area contributed by atoms with E-state index in [1.54, 1.807) is 0 Å². The molecule has 5 heteroatoms. The third-order valence-corrected chi connectivity index (χ3v) is 5.42. The zero-order chi connectivity index (χ0) is 23.2. The number of hydrogen-bond donors (Lipinski definition) is 2. The maximum Gasteiger partial charge on any atom is 0.152 e. The largest absolute Gasteiger partial charge is 0.489 e. The zero-order valence-corrected chi connectivity index (χ0v) is 18.7. The number of nitrogens with zero attached hydrogens (tertiary/aromatic N) is 2. The van der Waals surface area contributed by atoms with Crippen LogP contribution in [0.25, 0.3) is 16.3 Å². The van der Waals surface area contributed by atoms with E-state index in [0.717, 1.165) is 33.6 Å². The number of nitrogens with two attached hydrogens (primary N) is 2. The predicted molar refractivity (Wildman–Crippen MR) is 136 cm³/mol. The number of rotatable bonds is 8. The molecule has 0 amide bonds. The van der Waals surface area contributed by atoms with Gasteiger partial charge < -0.3 is 10.5 Å². The van der Waals surface area contributed by atoms with Crippen molar-refractivity contribution in [3.05, 3.63) is 120 Å². The number of amidine groups is 1. The van der Waals surface area contributed by atoms with E-state index in [9.17, 15) is 0 Å². The van der Waals surface area contributed by atoms with Gasteiger partial charge in [-0.2, -0.15) is 0 Å². The quantitative estimate of drug-likeness (QED) is 0.167. The molecule has 4 aromatic rings. The molecule has 0 aromatic heterocycles. The predicted octanol–water partition coefficient (Wildman–Crippen LogP) is 5.45. The van der Waals surface area contributed by atoms with Gasteiger partial charge in [0.15, 0.2) is 5.84 Å². The molecule has 0 aliphatic rings. The lowest BCUT2D eigenvalue weighted by Gasteiger charge is -2.16. The van der Waals surface area contributed by atoms with Gasteiger partial charge in [-0.3, -0.25) is 0 Å². The second-order valence-corrected chi connectivity index (χ2v) is 8.01. The number of hydrazone groups is 1. The van der Waals surface area contributed by atoms with Gasteiger partial charge in [-0.1, -0.05) is 72.8 Å². The standard InChI is InChI=1S/C28H28N4O/c1-20(2)27-10-6-5-9-25(27)18-32(30)31-28(29)23-13-15-26(16-14-23)33-19-21-11-12-22-7-3-4-8-24(22)17-21/h3-17H,1,18-19,30H2,2H3,(H2,29,31). The van der Waals surface area contributed by atoms with E-state index in [1.807, 2.05) is 67.6 Å². The Morgan fingerprint density at radius 3 is 2.36 bits per heavy atom. The SMILES string of the molecule is C=C(C)c1ccccc1CN(N)/N=C(\N)c1ccc(OCc2ccc3ccccc3c2)cc1. The molecular formula is C28H28N4O. The van der Waals surface area contributed by atoms with Crippen LogP contribution in [0.2, 0.25) is 0 Å². The van der Waals surface area contributed by atoms with Crippen molar-refractivity contribution in [3.63, 3.8) is 0 Å². The van der Waals surface area contributed by atoms with Gasteiger partial charge in [0.2, 0.25) is 0 Å². The number of hydrazine groups is 1. The molecule has 33 heavy (non-hydrogen) atoms. The second-order valence-electron chi connectivity index (χ2n) is 8.01. The van der Waals surface area contributed by atoms with Gasteiger partial charge in [0.1, 0.15) is 12.4 Å². The van der Waals surface area contributed by atoms with E-state index in [-0.39, 0.29) is 0 Å². The number of fused-ring (bicyclic) bond motifs is 1. The average molecular weight is 437 g/mol. The highest BCUT2D eigenvalue weighted by Gasteiger charge is 2.07. The molecule has 0 spiro atoms. The van der Waals surface area contributed by atoms with Crippen molar-refractivity contribution in [2.75, 3.05) is 0 Å². The first-order chi connectivity index (χ1) is 16.0. The first kappa shape index (κ1) is 22.1. The van der Waals surface area contributed by atoms with Crippen molar-refractivity contribution in [1.82, 2.24) is 5.12 Å². The highest BCUT2D eigenvalue weighted by atomic mass is 16.5. The minimum absolute atomic E-state index is 0.339. The lowest BCUT2D eigenvalue weighted by Crippen LogP contribution is -2.29. The van der Waals surface area contributed by atoms with Gasteiger partial charge >= 0.3 is 0 Å². The molecular weight excluding hydrogens is 408 g/mol. The summed E-state index contributed by atoms with van der Waals surface area (Å²) >= 11 is 0. The summed E-state index contributed by atoms with van der Waals surface area (Å²) in [5.41, 5.74) is 11.2. The van der Waals surface area contributed by atoms with Crippen molar-refractivity contribution in [3.8, 4) is 5.75 Å². The molecule has 166 valence electrons. The monoisotopic (exact) mass is 436 g/mol. The fourth-order valence-corrected chi connectivity index (χ4v) is 3.70. The summed E-state index contributed by atoms with van der Waals surface area (Å²) < 4.78 is 5.95. The van der Waals surface area contributed by atoms with Crippen molar-refractivity contribution >= 4 is 22.2 Å². The highest BCUT2D eigenvalue weighted by molar-refractivity contribution is 5.97. The van der Waals surface area contributed by atoms with Crippen LogP contribution in [0.5, 0.6) is 5.75 Å². The van der Waals surface area contributed by atoms with Crippen LogP contribution in [0, 0.1) is 0 Å². The minimum Gasteiger partial charge on any atom is -0.489 e. The van der Waals surface area contributed by atoms with Crippen LogP contribution in [0.4, 0.5) is 0 Å². The molecule has 0 aliphatic carbocycles. The molecule has 0 aliphatic heterocycles. The Labute approximate surface area is 194 Å². The Morgan fingerprint density at radius 2 is 1.61 bits per heavy atom. The van der Waals surface area contributed by atoms with Crippen LogP contribution >= 0.6 is 0 Å². The maximum atomic E-state index is 6.19. The van der Waals surface area contributed by atoms with Crippen LogP contribution in [-0.4, -0.2) is 11.0 Å². The van der Waals surface area contributed by atoms with Crippen LogP contribution < -0.4 is 16.3 Å². The molecule has 0 bridgehead atoms. The zero-order valence-electron chi connectivity index (χ0n) is 18.7. The van der Waals surface area contributed by atoms with Gasteiger partial charge in [-0.15, -0.1) is 5.10 Å². The summed E-state index contributed by atoms with van der Waals surface area (Å²) in [6, 6.07) is 30.2. The molecule has 0 saturated heterocycles. The first-order valence-electron chi connectivity index (χ1n) is 10.8. The van der Waals surface area contributed by atoms with Crippen molar-refractivity contribution in [2.45, 2.75) is 20.1 Å². The van der Waals surface area contributed by atoms with Crippen molar-refractivity contribution < 1.29 is 4.74 Å². The summed E-state index contributed by atoms with van der Waals surface area (Å²) in [4.78, 5) is 0. The molecule has 0 fully saturated rings. The third kappa shape index (κ3) is 5.59. The Balaban J connectivity index is 1.38. The normalized spacial score (nSPS) is 11.4. The average Bonchev–Trinajstić information content (AvgIpc) is 2.83. The van der Waals surface area contributed by atoms with Crippen molar-refractivity contribution in [2.24, 2.45) is 16.7 Å². The van der Waals surface area contributed by atoms with Gasteiger partial charge in [-0.05, 0) is 64.7 Å². The van der Waals surface area contributed by atoms with Gasteiger partial charge in [0.05, 0.1) is 6.54 Å². The van der Waals surface area contributed by atoms with Gasteiger partial charge in [0, 0.05) is 5.56 Å². The van der Waals surface area contributed by atoms with Gasteiger partial charge in [0.25, 0.3) is 0 Å². The van der Waals surface area contributed by atoms with E-state index in [2.05, 4.69) is 42.0 Å². The van der Waals surface area contributed by atoms with Crippen LogP contribution in [-0.2, 0) is 13.2 Å². The fourth-order valence-electron chi connectivity index (χ4n) is 3.70. The minimum atomic E-state index is 0.339. The molecule has 0 unspecified atom stereocenters. The summed E-state index contributed by atoms with van der Waals surface area (Å²) in [6.07, 6.45) is 0. The molecule has 0 heterocycles. The molecule has 0 atom stereocenters. The topological polar surface area (TPSA) is 76.9 Å². The molecule has 4 aromatic carbocycles. The van der Waals surface area contributed by atoms with E-state index < -0.39 is 0 Å². The van der Waals surface area contributed by atoms with Crippen LogP contribution in [0.1, 0.15) is 29.2 Å². The van der Waals surface area contributed by atoms with Gasteiger partial charge in [-0.25, -0.2) is 11.0 Å². The maximum absolute atomic E-state index is 6.19. The highest BCUT2D eigenvalue weighted by Crippen LogP contribution is 2.20. The number of allylic oxidation sites excluding steroid dienone is 1. The Hall–Kier alpha value is -4.09. The lowest BCUT2D eigenvalue weighted by atomic mass is 10.0. The molecule has 0 radical (unpaired) electrons. The Kier molecular flexibility index (Phi) is 6.72. The molecule has 0 saturated carbocycles. The number of ether oxygens (including phenoxy) is 1. The van der Waals surface area contributed by atoms with Crippen molar-refractivity contribution in [1.29, 1.82) is 0 Å². The summed E-state index contributed by atoms with van der Waals surface area (Å²) in [5, 5.41) is 8.10. The lowest BCUT2D eigenvalue weighted by molar-refractivity contribution is 0.290. The van der Waals surface area contributed by atoms with Crippen LogP contribution in [0.3, 0.4) is 0 Å². The van der Waals surface area contributed by atoms with Crippen LogP contribution in [0.15, 0.2) is 103 Å². The second kappa shape index (κ2) is 10.0. The number of benzene rings is 4. The van der Waals surface area contributed by atoms with E-state index >= 15 is 0 Å². The van der Waals surface area contributed by atoms with E-state index in [4.69, 9.17) is 16.3 Å². The first-order valence-corrected chi connectivity index (χ1v) is 10.8. The number of hydrogen-bond acceptors (Lipinski definition) is 4. The molecule has 4 N–H and O–H groups in total. The Morgan fingerprint density at radius 1 is 0.909 bits per heavy atom. The van der Waals surface area contributed by atoms with E-state index in [0.29, 0.717) is 19.0 Å². The fraction of sp³-hybridized carbons (Fsp3) is 0.107. The molecule has 4 rings (SSSR count). The van der Waals surface area contributed by atoms with E-state index in [1.165, 1.54) is 15.9 Å². The summed E-state index contributed by atoms with van der Waals surface area (Å²) in [6.45, 7) is 6.92. The summed E-state index contributed by atoms with van der Waals surface area (Å²) in [7, 11) is 0.